The quantitative estimate of drug-likeness (QED) is 0.618. The first-order chi connectivity index (χ1) is 14.0. The van der Waals surface area contributed by atoms with Gasteiger partial charge in [-0.2, -0.15) is 0 Å². The van der Waals surface area contributed by atoms with Crippen LogP contribution in [0.2, 0.25) is 0 Å². The molecule has 2 heterocycles. The Morgan fingerprint density at radius 3 is 2.17 bits per heavy atom. The molecule has 4 heteroatoms. The van der Waals surface area contributed by atoms with E-state index in [1.807, 2.05) is 36.4 Å². The van der Waals surface area contributed by atoms with E-state index in [2.05, 4.69) is 7.05 Å². The molecule has 0 aromatic heterocycles. The monoisotopic (exact) mass is 394 g/mol. The number of aliphatic hydroxyl groups is 1. The first kappa shape index (κ1) is 20.1. The average molecular weight is 395 g/mol. The van der Waals surface area contributed by atoms with Crippen LogP contribution in [0.4, 0.5) is 0 Å². The number of carbonyl (C=O) groups excluding carboxylic acids is 1. The van der Waals surface area contributed by atoms with Gasteiger partial charge in [-0.15, -0.1) is 0 Å². The van der Waals surface area contributed by atoms with Gasteiger partial charge in [-0.25, -0.2) is 4.79 Å². The molecule has 2 aliphatic heterocycles. The highest BCUT2D eigenvalue weighted by Crippen LogP contribution is 2.37. The predicted molar refractivity (Wildman–Crippen MR) is 113 cm³/mol. The molecule has 0 saturated carbocycles. The summed E-state index contributed by atoms with van der Waals surface area (Å²) in [4.78, 5) is 13.3. The largest absolute Gasteiger partial charge is 0.462 e. The van der Waals surface area contributed by atoms with Gasteiger partial charge in [0, 0.05) is 12.3 Å². The fraction of sp³-hybridized carbons (Fsp3) is 0.480. The van der Waals surface area contributed by atoms with Gasteiger partial charge in [0.2, 0.25) is 5.60 Å². The van der Waals surface area contributed by atoms with Gasteiger partial charge in [0.05, 0.1) is 32.8 Å². The number of nitrogens with zero attached hydrogens (tertiary/aromatic N) is 1. The molecule has 29 heavy (non-hydrogen) atoms. The van der Waals surface area contributed by atoms with Crippen LogP contribution < -0.4 is 0 Å². The van der Waals surface area contributed by atoms with Crippen molar-refractivity contribution in [3.05, 3.63) is 71.8 Å². The second-order valence-corrected chi connectivity index (χ2v) is 8.93. The maximum Gasteiger partial charge on any atom is 0.347 e. The van der Waals surface area contributed by atoms with E-state index in [9.17, 15) is 9.90 Å². The second-order valence-electron chi connectivity index (χ2n) is 8.93. The highest BCUT2D eigenvalue weighted by atomic mass is 16.5. The molecule has 0 bridgehead atoms. The lowest BCUT2D eigenvalue weighted by Crippen LogP contribution is -2.61. The average Bonchev–Trinajstić information content (AvgIpc) is 2.77. The number of esters is 1. The molecule has 0 amide bonds. The van der Waals surface area contributed by atoms with E-state index in [0.29, 0.717) is 29.7 Å². The maximum atomic E-state index is 13.3. The molecule has 3 atom stereocenters. The predicted octanol–water partition coefficient (Wildman–Crippen LogP) is 3.87. The van der Waals surface area contributed by atoms with Gasteiger partial charge in [-0.3, -0.25) is 0 Å². The van der Waals surface area contributed by atoms with E-state index in [1.165, 1.54) is 38.8 Å². The topological polar surface area (TPSA) is 46.5 Å². The summed E-state index contributed by atoms with van der Waals surface area (Å²) >= 11 is 0. The summed E-state index contributed by atoms with van der Waals surface area (Å²) in [6, 6.07) is 18.8. The molecule has 0 aliphatic carbocycles. The summed E-state index contributed by atoms with van der Waals surface area (Å²) < 4.78 is 6.97. The Balaban J connectivity index is 1.55. The van der Waals surface area contributed by atoms with Gasteiger partial charge in [0.15, 0.2) is 0 Å². The molecular weight excluding hydrogens is 362 g/mol. The summed E-state index contributed by atoms with van der Waals surface area (Å²) in [5, 5.41) is 11.6. The van der Waals surface area contributed by atoms with E-state index < -0.39 is 11.6 Å². The zero-order chi connectivity index (χ0) is 20.3. The van der Waals surface area contributed by atoms with Crippen molar-refractivity contribution in [1.29, 1.82) is 0 Å². The van der Waals surface area contributed by atoms with E-state index in [4.69, 9.17) is 4.74 Å². The van der Waals surface area contributed by atoms with Crippen LogP contribution in [0.15, 0.2) is 60.7 Å². The number of ether oxygens (including phenoxy) is 1. The van der Waals surface area contributed by atoms with Crippen molar-refractivity contribution in [2.24, 2.45) is 5.92 Å². The molecule has 2 fully saturated rings. The summed E-state index contributed by atoms with van der Waals surface area (Å²) in [6.45, 7) is 2.85. The first-order valence-corrected chi connectivity index (χ1v) is 10.9. The standard InChI is InChI=1S/C25H32NO3/c1-26-17-9-8-16-23(26)20(11-10-18-26)19-29-24(27)25(28,21-12-4-2-5-13-21)22-14-6-3-7-15-22/h2-7,12-15,20,23,28H,8-11,16-19H2,1H3/q+1/t20-,23+,26?/m0/s1. The number of benzene rings is 2. The van der Waals surface area contributed by atoms with Crippen LogP contribution in [0, 0.1) is 5.92 Å². The minimum Gasteiger partial charge on any atom is -0.462 e. The molecule has 2 saturated heterocycles. The molecule has 154 valence electrons. The van der Waals surface area contributed by atoms with Crippen LogP contribution in [0.5, 0.6) is 0 Å². The minimum absolute atomic E-state index is 0.369. The Bertz CT molecular complexity index is 779. The smallest absolute Gasteiger partial charge is 0.347 e. The van der Waals surface area contributed by atoms with Gasteiger partial charge in [-0.1, -0.05) is 60.7 Å². The van der Waals surface area contributed by atoms with Gasteiger partial charge in [-0.05, 0) is 36.8 Å². The number of hydrogen-bond acceptors (Lipinski definition) is 3. The van der Waals surface area contributed by atoms with Gasteiger partial charge >= 0.3 is 5.97 Å². The van der Waals surface area contributed by atoms with E-state index in [-0.39, 0.29) is 0 Å². The van der Waals surface area contributed by atoms with E-state index in [1.54, 1.807) is 24.3 Å². The van der Waals surface area contributed by atoms with E-state index >= 15 is 0 Å². The lowest BCUT2D eigenvalue weighted by molar-refractivity contribution is -0.947. The minimum atomic E-state index is -1.79. The number of rotatable bonds is 5. The van der Waals surface area contributed by atoms with Crippen molar-refractivity contribution in [1.82, 2.24) is 0 Å². The number of hydrogen-bond donors (Lipinski definition) is 1. The lowest BCUT2D eigenvalue weighted by Gasteiger charge is -2.51. The zero-order valence-corrected chi connectivity index (χ0v) is 17.3. The number of piperidine rings is 2. The molecule has 2 aromatic rings. The highest BCUT2D eigenvalue weighted by Gasteiger charge is 2.46. The van der Waals surface area contributed by atoms with E-state index in [0.717, 1.165) is 10.9 Å². The summed E-state index contributed by atoms with van der Waals surface area (Å²) in [5.41, 5.74) is -0.710. The summed E-state index contributed by atoms with van der Waals surface area (Å²) in [6.07, 6.45) is 6.04. The number of carbonyl (C=O) groups is 1. The molecule has 1 N–H and O–H groups in total. The summed E-state index contributed by atoms with van der Waals surface area (Å²) in [7, 11) is 2.36. The fourth-order valence-electron chi connectivity index (χ4n) is 5.48. The molecule has 2 aromatic carbocycles. The van der Waals surface area contributed by atoms with Crippen LogP contribution in [0.25, 0.3) is 0 Å². The fourth-order valence-corrected chi connectivity index (χ4v) is 5.48. The van der Waals surface area contributed by atoms with Crippen LogP contribution in [-0.2, 0) is 15.1 Å². The van der Waals surface area contributed by atoms with Crippen molar-refractivity contribution >= 4 is 5.97 Å². The molecule has 4 rings (SSSR count). The van der Waals surface area contributed by atoms with Crippen molar-refractivity contribution in [3.63, 3.8) is 0 Å². The molecule has 1 unspecified atom stereocenters. The maximum absolute atomic E-state index is 13.3. The van der Waals surface area contributed by atoms with Crippen molar-refractivity contribution < 1.29 is 19.1 Å². The summed E-state index contributed by atoms with van der Waals surface area (Å²) in [5.74, 6) is -0.209. The number of fused-ring (bicyclic) bond motifs is 1. The van der Waals surface area contributed by atoms with Crippen LogP contribution in [0.1, 0.15) is 43.2 Å². The van der Waals surface area contributed by atoms with Crippen LogP contribution >= 0.6 is 0 Å². The molecule has 0 radical (unpaired) electrons. The Morgan fingerprint density at radius 1 is 0.966 bits per heavy atom. The number of quaternary nitrogens is 1. The van der Waals surface area contributed by atoms with Gasteiger partial charge in [0.25, 0.3) is 0 Å². The Labute approximate surface area is 173 Å². The first-order valence-electron chi connectivity index (χ1n) is 10.9. The normalized spacial score (nSPS) is 27.1. The van der Waals surface area contributed by atoms with Crippen molar-refractivity contribution in [3.8, 4) is 0 Å². The molecule has 0 spiro atoms. The van der Waals surface area contributed by atoms with Gasteiger partial charge < -0.3 is 14.3 Å². The third-order valence-electron chi connectivity index (χ3n) is 7.11. The Kier molecular flexibility index (Phi) is 5.75. The Hall–Kier alpha value is -2.17. The molecular formula is C25H32NO3+. The molecule has 4 nitrogen and oxygen atoms in total. The highest BCUT2D eigenvalue weighted by molar-refractivity contribution is 5.85. The third-order valence-corrected chi connectivity index (χ3v) is 7.11. The zero-order valence-electron chi connectivity index (χ0n) is 17.3. The second kappa shape index (κ2) is 8.29. The SMILES string of the molecule is C[N+]12CCCC[C@@H]1[C@H](COC(=O)C(O)(c1ccccc1)c1ccccc1)CCC2. The Morgan fingerprint density at radius 2 is 1.55 bits per heavy atom. The third kappa shape index (κ3) is 3.84. The van der Waals surface area contributed by atoms with Gasteiger partial charge in [0.1, 0.15) is 0 Å². The van der Waals surface area contributed by atoms with Crippen molar-refractivity contribution in [2.45, 2.75) is 43.7 Å². The van der Waals surface area contributed by atoms with Crippen LogP contribution in [0.3, 0.4) is 0 Å². The lowest BCUT2D eigenvalue weighted by atomic mass is 9.81. The van der Waals surface area contributed by atoms with Crippen LogP contribution in [-0.4, -0.2) is 48.3 Å². The molecule has 2 aliphatic rings. The van der Waals surface area contributed by atoms with Crippen molar-refractivity contribution in [2.75, 3.05) is 26.7 Å².